The molecule has 0 saturated heterocycles. The summed E-state index contributed by atoms with van der Waals surface area (Å²) in [6.07, 6.45) is 5.24. The fourth-order valence-electron chi connectivity index (χ4n) is 4.56. The lowest BCUT2D eigenvalue weighted by molar-refractivity contribution is 0.0664. The minimum atomic E-state index is -0.219. The molecule has 38 heavy (non-hydrogen) atoms. The molecule has 2 unspecified atom stereocenters. The van der Waals surface area contributed by atoms with Gasteiger partial charge in [0.25, 0.3) is 0 Å². The number of benzene rings is 4. The predicted octanol–water partition coefficient (Wildman–Crippen LogP) is 8.50. The molecule has 188 valence electrons. The van der Waals surface area contributed by atoms with Gasteiger partial charge in [-0.3, -0.25) is 0 Å². The number of ether oxygens (including phenoxy) is 2. The van der Waals surface area contributed by atoms with Crippen LogP contribution < -0.4 is 4.74 Å². The predicted molar refractivity (Wildman–Crippen MR) is 156 cm³/mol. The Kier molecular flexibility index (Phi) is 8.46. The van der Waals surface area contributed by atoms with E-state index in [0.717, 1.165) is 59.4 Å². The van der Waals surface area contributed by atoms with Gasteiger partial charge in [-0.25, -0.2) is 0 Å². The number of hydrogen-bond donors (Lipinski definition) is 0. The van der Waals surface area contributed by atoms with Crippen LogP contribution in [-0.2, 0) is 18.0 Å². The Hall–Kier alpha value is -3.96. The molecule has 3 nitrogen and oxygen atoms in total. The van der Waals surface area contributed by atoms with Crippen LogP contribution in [-0.4, -0.2) is 6.16 Å². The van der Waals surface area contributed by atoms with E-state index < -0.39 is 0 Å². The van der Waals surface area contributed by atoms with E-state index in [0.29, 0.717) is 18.8 Å². The Morgan fingerprint density at radius 1 is 0.842 bits per heavy atom. The molecule has 1 aliphatic rings. The normalized spacial score (nSPS) is 14.1. The summed E-state index contributed by atoms with van der Waals surface area (Å²) in [4.78, 5) is 0. The Labute approximate surface area is 226 Å². The average molecular weight is 516 g/mol. The summed E-state index contributed by atoms with van der Waals surface area (Å²) in [5.41, 5.74) is 8.27. The van der Waals surface area contributed by atoms with Gasteiger partial charge in [0.05, 0.1) is 18.2 Å². The molecule has 0 amide bonds. The highest BCUT2D eigenvalue weighted by Crippen LogP contribution is 2.37. The molecule has 4 aromatic rings. The molecule has 1 aliphatic heterocycles. The second-order valence-corrected chi connectivity index (χ2v) is 10.4. The van der Waals surface area contributed by atoms with Gasteiger partial charge < -0.3 is 9.47 Å². The maximum Gasteiger partial charge on any atom is 0.119 e. The standard InChI is InChI=1S/C34H30NO2P/c1-25-8-5-6-12-32(25)33-20-28(15-16-29(33)21-35)34(30-11-7-19-38-24-30)37-23-27-13-17-31(18-14-27)36-22-26-9-3-2-4-10-26/h2-18,20,24,34,38H,19,22-23H2,1H3. The van der Waals surface area contributed by atoms with E-state index in [-0.39, 0.29) is 6.10 Å². The maximum absolute atomic E-state index is 9.81. The Balaban J connectivity index is 1.36. The number of nitrogens with zero attached hydrogens (tertiary/aromatic N) is 1. The molecule has 0 fully saturated rings. The molecule has 0 spiro atoms. The van der Waals surface area contributed by atoms with Crippen molar-refractivity contribution in [3.63, 3.8) is 0 Å². The number of aryl methyl sites for hydroxylation is 1. The third-order valence-electron chi connectivity index (χ3n) is 6.61. The highest BCUT2D eigenvalue weighted by atomic mass is 31.1. The number of allylic oxidation sites excluding steroid dienone is 1. The first-order valence-electron chi connectivity index (χ1n) is 12.8. The smallest absolute Gasteiger partial charge is 0.119 e. The van der Waals surface area contributed by atoms with E-state index in [1.807, 2.05) is 54.6 Å². The fourth-order valence-corrected chi connectivity index (χ4v) is 5.41. The van der Waals surface area contributed by atoms with Crippen LogP contribution in [0.15, 0.2) is 121 Å². The van der Waals surface area contributed by atoms with Crippen molar-refractivity contribution in [2.75, 3.05) is 6.16 Å². The minimum Gasteiger partial charge on any atom is -0.489 e. The van der Waals surface area contributed by atoms with Crippen LogP contribution >= 0.6 is 8.58 Å². The zero-order valence-electron chi connectivity index (χ0n) is 21.4. The van der Waals surface area contributed by atoms with Crippen LogP contribution in [0.4, 0.5) is 0 Å². The first kappa shape index (κ1) is 25.7. The van der Waals surface area contributed by atoms with Crippen LogP contribution in [0, 0.1) is 18.3 Å². The molecule has 0 radical (unpaired) electrons. The van der Waals surface area contributed by atoms with Gasteiger partial charge in [-0.1, -0.05) is 99.3 Å². The van der Waals surface area contributed by atoms with Gasteiger partial charge in [-0.15, -0.1) is 0 Å². The zero-order valence-corrected chi connectivity index (χ0v) is 22.4. The van der Waals surface area contributed by atoms with Gasteiger partial charge in [0, 0.05) is 5.56 Å². The molecule has 2 atom stereocenters. The maximum atomic E-state index is 9.81. The summed E-state index contributed by atoms with van der Waals surface area (Å²) in [7, 11) is 0.745. The van der Waals surface area contributed by atoms with Crippen LogP contribution in [0.1, 0.15) is 33.9 Å². The fraction of sp³-hybridized carbons (Fsp3) is 0.147. The molecule has 0 bridgehead atoms. The van der Waals surface area contributed by atoms with Crippen molar-refractivity contribution < 1.29 is 9.47 Å². The summed E-state index contributed by atoms with van der Waals surface area (Å²) in [5.74, 6) is 3.12. The van der Waals surface area contributed by atoms with E-state index in [2.05, 4.69) is 73.4 Å². The van der Waals surface area contributed by atoms with Gasteiger partial charge in [0.1, 0.15) is 18.5 Å². The van der Waals surface area contributed by atoms with E-state index in [1.54, 1.807) is 0 Å². The summed E-state index contributed by atoms with van der Waals surface area (Å²) in [6.45, 7) is 3.09. The zero-order chi connectivity index (χ0) is 26.2. The van der Waals surface area contributed by atoms with E-state index >= 15 is 0 Å². The topological polar surface area (TPSA) is 42.2 Å². The first-order chi connectivity index (χ1) is 18.7. The molecule has 0 N–H and O–H groups in total. The molecular weight excluding hydrogens is 485 g/mol. The van der Waals surface area contributed by atoms with Gasteiger partial charge >= 0.3 is 0 Å². The molecule has 0 aliphatic carbocycles. The molecule has 1 heterocycles. The number of rotatable bonds is 9. The largest absolute Gasteiger partial charge is 0.489 e. The monoisotopic (exact) mass is 515 g/mol. The highest BCUT2D eigenvalue weighted by Gasteiger charge is 2.20. The van der Waals surface area contributed by atoms with Gasteiger partial charge in [0.15, 0.2) is 0 Å². The molecular formula is C34H30NO2P. The van der Waals surface area contributed by atoms with E-state index in [4.69, 9.17) is 9.47 Å². The van der Waals surface area contributed by atoms with Crippen molar-refractivity contribution in [1.82, 2.24) is 0 Å². The third kappa shape index (κ3) is 6.29. The molecule has 0 saturated carbocycles. The van der Waals surface area contributed by atoms with E-state index in [9.17, 15) is 5.26 Å². The minimum absolute atomic E-state index is 0.219. The molecule has 0 aromatic heterocycles. The van der Waals surface area contributed by atoms with Crippen molar-refractivity contribution in [2.45, 2.75) is 26.2 Å². The number of hydrogen-bond acceptors (Lipinski definition) is 3. The van der Waals surface area contributed by atoms with Crippen LogP contribution in [0.2, 0.25) is 0 Å². The molecule has 4 aromatic carbocycles. The lowest BCUT2D eigenvalue weighted by atomic mass is 9.92. The summed E-state index contributed by atoms with van der Waals surface area (Å²) in [5, 5.41) is 9.81. The third-order valence-corrected chi connectivity index (χ3v) is 7.62. The van der Waals surface area contributed by atoms with Crippen molar-refractivity contribution in [1.29, 1.82) is 5.26 Å². The van der Waals surface area contributed by atoms with Gasteiger partial charge in [-0.05, 0) is 70.7 Å². The first-order valence-corrected chi connectivity index (χ1v) is 14.1. The van der Waals surface area contributed by atoms with Crippen LogP contribution in [0.3, 0.4) is 0 Å². The van der Waals surface area contributed by atoms with Crippen molar-refractivity contribution >= 4 is 8.58 Å². The van der Waals surface area contributed by atoms with Gasteiger partial charge in [-0.2, -0.15) is 5.26 Å². The second kappa shape index (κ2) is 12.5. The van der Waals surface area contributed by atoms with Crippen molar-refractivity contribution in [2.24, 2.45) is 0 Å². The van der Waals surface area contributed by atoms with Gasteiger partial charge in [0.2, 0.25) is 0 Å². The second-order valence-electron chi connectivity index (χ2n) is 9.30. The summed E-state index contributed by atoms with van der Waals surface area (Å²) >= 11 is 0. The lowest BCUT2D eigenvalue weighted by Crippen LogP contribution is -2.08. The van der Waals surface area contributed by atoms with Crippen molar-refractivity contribution in [3.8, 4) is 22.9 Å². The van der Waals surface area contributed by atoms with Crippen LogP contribution in [0.25, 0.3) is 11.1 Å². The van der Waals surface area contributed by atoms with Crippen LogP contribution in [0.5, 0.6) is 5.75 Å². The Morgan fingerprint density at radius 3 is 2.34 bits per heavy atom. The quantitative estimate of drug-likeness (QED) is 0.210. The molecule has 5 rings (SSSR count). The SMILES string of the molecule is Cc1ccccc1-c1cc(C(OCc2ccc(OCc3ccccc3)cc2)C2=CPCC=C2)ccc1C#N. The summed E-state index contributed by atoms with van der Waals surface area (Å²) < 4.78 is 12.5. The molecule has 4 heteroatoms. The lowest BCUT2D eigenvalue weighted by Gasteiger charge is -2.23. The van der Waals surface area contributed by atoms with E-state index in [1.165, 1.54) is 0 Å². The van der Waals surface area contributed by atoms with Crippen molar-refractivity contribution in [3.05, 3.63) is 148 Å². The summed E-state index contributed by atoms with van der Waals surface area (Å²) in [6, 6.07) is 34.9. The Bertz CT molecular complexity index is 1480. The number of nitriles is 1. The highest BCUT2D eigenvalue weighted by molar-refractivity contribution is 7.42. The average Bonchev–Trinajstić information content (AvgIpc) is 2.98. The Morgan fingerprint density at radius 2 is 1.61 bits per heavy atom.